The zero-order valence-corrected chi connectivity index (χ0v) is 13.4. The monoisotopic (exact) mass is 304 g/mol. The normalized spacial score (nSPS) is 19.0. The summed E-state index contributed by atoms with van der Waals surface area (Å²) < 4.78 is 5.51. The molecule has 2 unspecified atom stereocenters. The van der Waals surface area contributed by atoms with Crippen LogP contribution in [-0.4, -0.2) is 30.6 Å². The molecular formula is C17H24N2O3. The second kappa shape index (κ2) is 7.40. The van der Waals surface area contributed by atoms with Gasteiger partial charge in [0.15, 0.2) is 0 Å². The van der Waals surface area contributed by atoms with Crippen molar-refractivity contribution in [2.75, 3.05) is 11.9 Å². The molecule has 0 bridgehead atoms. The number of hydrogen-bond donors (Lipinski definition) is 2. The third-order valence-corrected chi connectivity index (χ3v) is 3.90. The summed E-state index contributed by atoms with van der Waals surface area (Å²) >= 11 is 0. The number of nitrogens with one attached hydrogen (secondary N) is 2. The van der Waals surface area contributed by atoms with Crippen LogP contribution < -0.4 is 10.6 Å². The summed E-state index contributed by atoms with van der Waals surface area (Å²) in [5.74, 6) is -0.908. The van der Waals surface area contributed by atoms with Gasteiger partial charge in [-0.2, -0.15) is 0 Å². The molecule has 1 aromatic carbocycles. The molecule has 5 nitrogen and oxygen atoms in total. The highest BCUT2D eigenvalue weighted by Crippen LogP contribution is 2.18. The van der Waals surface area contributed by atoms with Gasteiger partial charge in [-0.1, -0.05) is 26.0 Å². The molecule has 2 amide bonds. The van der Waals surface area contributed by atoms with Crippen molar-refractivity contribution in [1.82, 2.24) is 5.32 Å². The Morgan fingerprint density at radius 2 is 2.00 bits per heavy atom. The Morgan fingerprint density at radius 3 is 2.64 bits per heavy atom. The van der Waals surface area contributed by atoms with Crippen molar-refractivity contribution in [2.45, 2.75) is 51.7 Å². The number of anilines is 1. The van der Waals surface area contributed by atoms with Crippen molar-refractivity contribution in [1.29, 1.82) is 0 Å². The van der Waals surface area contributed by atoms with Crippen LogP contribution in [0, 0.1) is 0 Å². The van der Waals surface area contributed by atoms with Crippen molar-refractivity contribution < 1.29 is 14.3 Å². The van der Waals surface area contributed by atoms with Gasteiger partial charge in [0.25, 0.3) is 0 Å². The Kier molecular flexibility index (Phi) is 5.55. The molecule has 2 N–H and O–H groups in total. The lowest BCUT2D eigenvalue weighted by atomic mass is 10.0. The quantitative estimate of drug-likeness (QED) is 0.840. The first-order valence-corrected chi connectivity index (χ1v) is 7.80. The fourth-order valence-electron chi connectivity index (χ4n) is 2.53. The van der Waals surface area contributed by atoms with E-state index in [0.29, 0.717) is 11.6 Å². The van der Waals surface area contributed by atoms with Crippen molar-refractivity contribution in [2.24, 2.45) is 0 Å². The molecule has 0 aliphatic carbocycles. The predicted octanol–water partition coefficient (Wildman–Crippen LogP) is 2.43. The number of rotatable bonds is 4. The Labute approximate surface area is 131 Å². The minimum Gasteiger partial charge on any atom is -0.376 e. The Morgan fingerprint density at radius 1 is 1.23 bits per heavy atom. The summed E-state index contributed by atoms with van der Waals surface area (Å²) in [5.41, 5.74) is 1.75. The molecule has 0 saturated carbocycles. The SMILES string of the molecule is CC(C)c1cccc(NC(=O)C(=O)NC(C)C2CCCO2)c1. The molecule has 0 spiro atoms. The first-order valence-electron chi connectivity index (χ1n) is 7.80. The zero-order valence-electron chi connectivity index (χ0n) is 13.4. The van der Waals surface area contributed by atoms with Gasteiger partial charge in [-0.05, 0) is 43.4 Å². The van der Waals surface area contributed by atoms with E-state index in [1.807, 2.05) is 25.1 Å². The van der Waals surface area contributed by atoms with Crippen LogP contribution in [0.15, 0.2) is 24.3 Å². The number of carbonyl (C=O) groups is 2. The fourth-order valence-corrected chi connectivity index (χ4v) is 2.53. The van der Waals surface area contributed by atoms with E-state index in [-0.39, 0.29) is 12.1 Å². The molecule has 1 aliphatic rings. The lowest BCUT2D eigenvalue weighted by Gasteiger charge is -2.19. The van der Waals surface area contributed by atoms with E-state index in [9.17, 15) is 9.59 Å². The summed E-state index contributed by atoms with van der Waals surface area (Å²) in [6.45, 7) is 6.74. The molecule has 2 rings (SSSR count). The minimum absolute atomic E-state index is 0.000943. The van der Waals surface area contributed by atoms with E-state index in [2.05, 4.69) is 24.5 Å². The summed E-state index contributed by atoms with van der Waals surface area (Å²) in [6, 6.07) is 7.38. The Hall–Kier alpha value is -1.88. The zero-order chi connectivity index (χ0) is 16.1. The molecule has 1 saturated heterocycles. The molecular weight excluding hydrogens is 280 g/mol. The number of hydrogen-bond acceptors (Lipinski definition) is 3. The van der Waals surface area contributed by atoms with Crippen molar-refractivity contribution in [3.63, 3.8) is 0 Å². The molecule has 22 heavy (non-hydrogen) atoms. The van der Waals surface area contributed by atoms with Crippen LogP contribution in [0.3, 0.4) is 0 Å². The van der Waals surface area contributed by atoms with Gasteiger partial charge in [-0.15, -0.1) is 0 Å². The van der Waals surface area contributed by atoms with Gasteiger partial charge in [0, 0.05) is 12.3 Å². The third kappa shape index (κ3) is 4.31. The average Bonchev–Trinajstić information content (AvgIpc) is 3.01. The van der Waals surface area contributed by atoms with Crippen LogP contribution in [0.1, 0.15) is 45.1 Å². The van der Waals surface area contributed by atoms with Crippen LogP contribution >= 0.6 is 0 Å². The number of amides is 2. The molecule has 0 radical (unpaired) electrons. The van der Waals surface area contributed by atoms with Gasteiger partial charge in [0.2, 0.25) is 0 Å². The van der Waals surface area contributed by atoms with Gasteiger partial charge in [-0.3, -0.25) is 9.59 Å². The van der Waals surface area contributed by atoms with Crippen LogP contribution in [0.25, 0.3) is 0 Å². The number of carbonyl (C=O) groups excluding carboxylic acids is 2. The van der Waals surface area contributed by atoms with Gasteiger partial charge in [-0.25, -0.2) is 0 Å². The van der Waals surface area contributed by atoms with Crippen LogP contribution in [0.5, 0.6) is 0 Å². The molecule has 1 fully saturated rings. The lowest BCUT2D eigenvalue weighted by Crippen LogP contribution is -2.45. The first kappa shape index (κ1) is 16.5. The van der Waals surface area contributed by atoms with Crippen molar-refractivity contribution in [3.05, 3.63) is 29.8 Å². The number of benzene rings is 1. The highest BCUT2D eigenvalue weighted by atomic mass is 16.5. The van der Waals surface area contributed by atoms with E-state index >= 15 is 0 Å². The summed E-state index contributed by atoms with van der Waals surface area (Å²) in [7, 11) is 0. The highest BCUT2D eigenvalue weighted by molar-refractivity contribution is 6.39. The molecule has 1 aliphatic heterocycles. The molecule has 1 aromatic rings. The van der Waals surface area contributed by atoms with Crippen LogP contribution in [0.4, 0.5) is 5.69 Å². The maximum atomic E-state index is 12.0. The Balaban J connectivity index is 1.90. The predicted molar refractivity (Wildman–Crippen MR) is 85.7 cm³/mol. The van der Waals surface area contributed by atoms with Gasteiger partial charge < -0.3 is 15.4 Å². The van der Waals surface area contributed by atoms with E-state index < -0.39 is 11.8 Å². The average molecular weight is 304 g/mol. The number of ether oxygens (including phenoxy) is 1. The van der Waals surface area contributed by atoms with Crippen LogP contribution in [-0.2, 0) is 14.3 Å². The standard InChI is InChI=1S/C17H24N2O3/c1-11(2)13-6-4-7-14(10-13)19-17(21)16(20)18-12(3)15-8-5-9-22-15/h4,6-7,10-12,15H,5,8-9H2,1-3H3,(H,18,20)(H,19,21). The fraction of sp³-hybridized carbons (Fsp3) is 0.529. The highest BCUT2D eigenvalue weighted by Gasteiger charge is 2.25. The van der Waals surface area contributed by atoms with E-state index in [0.717, 1.165) is 25.0 Å². The minimum atomic E-state index is -0.647. The largest absolute Gasteiger partial charge is 0.376 e. The van der Waals surface area contributed by atoms with E-state index in [1.165, 1.54) is 0 Å². The summed E-state index contributed by atoms with van der Waals surface area (Å²) in [4.78, 5) is 23.9. The molecule has 0 aromatic heterocycles. The Bertz CT molecular complexity index is 536. The molecule has 5 heteroatoms. The topological polar surface area (TPSA) is 67.4 Å². The summed E-state index contributed by atoms with van der Waals surface area (Å²) in [6.07, 6.45) is 1.92. The molecule has 2 atom stereocenters. The van der Waals surface area contributed by atoms with E-state index in [4.69, 9.17) is 4.74 Å². The second-order valence-corrected chi connectivity index (χ2v) is 6.05. The van der Waals surface area contributed by atoms with E-state index in [1.54, 1.807) is 6.07 Å². The lowest BCUT2D eigenvalue weighted by molar-refractivity contribution is -0.137. The van der Waals surface area contributed by atoms with Gasteiger partial charge in [0.05, 0.1) is 12.1 Å². The van der Waals surface area contributed by atoms with Crippen molar-refractivity contribution in [3.8, 4) is 0 Å². The molecule has 120 valence electrons. The van der Waals surface area contributed by atoms with Gasteiger partial charge >= 0.3 is 11.8 Å². The smallest absolute Gasteiger partial charge is 0.313 e. The maximum Gasteiger partial charge on any atom is 0.313 e. The van der Waals surface area contributed by atoms with Crippen molar-refractivity contribution >= 4 is 17.5 Å². The summed E-state index contributed by atoms with van der Waals surface area (Å²) in [5, 5.41) is 5.34. The van der Waals surface area contributed by atoms with Gasteiger partial charge in [0.1, 0.15) is 0 Å². The van der Waals surface area contributed by atoms with Crippen LogP contribution in [0.2, 0.25) is 0 Å². The maximum absolute atomic E-state index is 12.0. The second-order valence-electron chi connectivity index (χ2n) is 6.05. The molecule has 1 heterocycles. The first-order chi connectivity index (χ1) is 10.5. The third-order valence-electron chi connectivity index (χ3n) is 3.90.